The first-order valence-electron chi connectivity index (χ1n) is 10.4. The van der Waals surface area contributed by atoms with Crippen LogP contribution >= 0.6 is 11.3 Å². The van der Waals surface area contributed by atoms with Gasteiger partial charge in [-0.3, -0.25) is 9.69 Å². The molecule has 158 valence electrons. The Kier molecular flexibility index (Phi) is 6.37. The second-order valence-electron chi connectivity index (χ2n) is 7.85. The number of thiophene rings is 1. The van der Waals surface area contributed by atoms with Gasteiger partial charge in [0.05, 0.1) is 24.8 Å². The van der Waals surface area contributed by atoms with Crippen molar-refractivity contribution < 1.29 is 9.53 Å². The van der Waals surface area contributed by atoms with Gasteiger partial charge in [0, 0.05) is 41.6 Å². The third-order valence-electron chi connectivity index (χ3n) is 5.78. The summed E-state index contributed by atoms with van der Waals surface area (Å²) in [5.41, 5.74) is 5.07. The molecule has 0 spiro atoms. The summed E-state index contributed by atoms with van der Waals surface area (Å²) >= 11 is 1.74. The zero-order valence-corrected chi connectivity index (χ0v) is 18.7. The van der Waals surface area contributed by atoms with E-state index in [0.717, 1.165) is 48.9 Å². The Balaban J connectivity index is 1.52. The molecule has 3 heterocycles. The van der Waals surface area contributed by atoms with Crippen LogP contribution in [0.1, 0.15) is 38.2 Å². The molecule has 0 unspecified atom stereocenters. The summed E-state index contributed by atoms with van der Waals surface area (Å²) in [6.45, 7) is 10.00. The minimum absolute atomic E-state index is 0.0173. The van der Waals surface area contributed by atoms with Crippen LogP contribution in [0.25, 0.3) is 5.69 Å². The van der Waals surface area contributed by atoms with E-state index >= 15 is 0 Å². The van der Waals surface area contributed by atoms with E-state index in [0.29, 0.717) is 6.54 Å². The third-order valence-corrected chi connectivity index (χ3v) is 6.76. The number of aryl methyl sites for hydroxylation is 2. The zero-order chi connectivity index (χ0) is 21.1. The first kappa shape index (κ1) is 20.8. The molecule has 1 atom stereocenters. The summed E-state index contributed by atoms with van der Waals surface area (Å²) in [6, 6.07) is 14.8. The van der Waals surface area contributed by atoms with Crippen LogP contribution in [-0.4, -0.2) is 48.2 Å². The van der Waals surface area contributed by atoms with Crippen LogP contribution in [0.2, 0.25) is 0 Å². The number of nitrogens with zero attached hydrogens (tertiary/aromatic N) is 2. The molecular formula is C24H29N3O2S. The lowest BCUT2D eigenvalue weighted by atomic mass is 10.1. The molecule has 1 N–H and O–H groups in total. The van der Waals surface area contributed by atoms with E-state index in [1.54, 1.807) is 11.3 Å². The largest absolute Gasteiger partial charge is 0.379 e. The summed E-state index contributed by atoms with van der Waals surface area (Å²) in [5.74, 6) is -0.0173. The van der Waals surface area contributed by atoms with Crippen molar-refractivity contribution in [1.82, 2.24) is 14.8 Å². The summed E-state index contributed by atoms with van der Waals surface area (Å²) in [7, 11) is 0. The Bertz CT molecular complexity index is 986. The Morgan fingerprint density at radius 3 is 2.53 bits per heavy atom. The fourth-order valence-corrected chi connectivity index (χ4v) is 5.01. The Morgan fingerprint density at radius 2 is 1.87 bits per heavy atom. The van der Waals surface area contributed by atoms with Gasteiger partial charge in [-0.2, -0.15) is 0 Å². The number of morpholine rings is 1. The van der Waals surface area contributed by atoms with E-state index in [9.17, 15) is 4.79 Å². The zero-order valence-electron chi connectivity index (χ0n) is 17.9. The van der Waals surface area contributed by atoms with Crippen molar-refractivity contribution in [3.63, 3.8) is 0 Å². The van der Waals surface area contributed by atoms with Crippen LogP contribution < -0.4 is 5.32 Å². The highest BCUT2D eigenvalue weighted by Crippen LogP contribution is 2.26. The van der Waals surface area contributed by atoms with Crippen molar-refractivity contribution in [2.24, 2.45) is 0 Å². The Hall–Kier alpha value is -2.41. The van der Waals surface area contributed by atoms with E-state index < -0.39 is 0 Å². The highest BCUT2D eigenvalue weighted by molar-refractivity contribution is 7.10. The third kappa shape index (κ3) is 4.36. The van der Waals surface area contributed by atoms with Gasteiger partial charge < -0.3 is 14.6 Å². The fraction of sp³-hybridized carbons (Fsp3) is 0.375. The molecule has 1 saturated heterocycles. The number of carbonyl (C=O) groups is 1. The van der Waals surface area contributed by atoms with E-state index in [4.69, 9.17) is 4.74 Å². The standard InChI is InChI=1S/C24H29N3O2S/c1-17-6-8-20(9-7-17)27-18(2)15-21(19(27)3)24(28)25-16-22(23-5-4-14-30-23)26-10-12-29-13-11-26/h4-9,14-15,22H,10-13,16H2,1-3H3,(H,25,28)/t22-/m0/s1. The summed E-state index contributed by atoms with van der Waals surface area (Å²) in [6.07, 6.45) is 0. The van der Waals surface area contributed by atoms with Crippen LogP contribution in [0.4, 0.5) is 0 Å². The predicted octanol–water partition coefficient (Wildman–Crippen LogP) is 4.27. The van der Waals surface area contributed by atoms with Gasteiger partial charge in [-0.15, -0.1) is 11.3 Å². The second-order valence-corrected chi connectivity index (χ2v) is 8.82. The second kappa shape index (κ2) is 9.16. The SMILES string of the molecule is Cc1ccc(-n2c(C)cc(C(=O)NC[C@@H](c3cccs3)N3CCOCC3)c2C)cc1. The number of benzene rings is 1. The molecule has 3 aromatic rings. The van der Waals surface area contributed by atoms with Gasteiger partial charge in [0.2, 0.25) is 0 Å². The molecule has 1 fully saturated rings. The molecule has 1 aliphatic rings. The molecule has 30 heavy (non-hydrogen) atoms. The van der Waals surface area contributed by atoms with Gasteiger partial charge >= 0.3 is 0 Å². The molecule has 4 rings (SSSR count). The van der Waals surface area contributed by atoms with Crippen LogP contribution in [0.3, 0.4) is 0 Å². The van der Waals surface area contributed by atoms with Crippen LogP contribution in [-0.2, 0) is 4.74 Å². The molecule has 1 aromatic carbocycles. The topological polar surface area (TPSA) is 46.5 Å². The number of ether oxygens (including phenoxy) is 1. The molecule has 1 amide bonds. The molecular weight excluding hydrogens is 394 g/mol. The maximum atomic E-state index is 13.1. The maximum absolute atomic E-state index is 13.1. The molecule has 0 bridgehead atoms. The summed E-state index contributed by atoms with van der Waals surface area (Å²) in [5, 5.41) is 5.30. The maximum Gasteiger partial charge on any atom is 0.253 e. The van der Waals surface area contributed by atoms with E-state index in [1.165, 1.54) is 10.4 Å². The number of hydrogen-bond donors (Lipinski definition) is 1. The minimum Gasteiger partial charge on any atom is -0.379 e. The highest BCUT2D eigenvalue weighted by Gasteiger charge is 2.25. The van der Waals surface area contributed by atoms with Gasteiger partial charge in [-0.1, -0.05) is 23.8 Å². The monoisotopic (exact) mass is 423 g/mol. The number of hydrogen-bond acceptors (Lipinski definition) is 4. The Morgan fingerprint density at radius 1 is 1.13 bits per heavy atom. The van der Waals surface area contributed by atoms with Gasteiger partial charge in [0.1, 0.15) is 0 Å². The molecule has 1 aliphatic heterocycles. The molecule has 2 aromatic heterocycles. The summed E-state index contributed by atoms with van der Waals surface area (Å²) in [4.78, 5) is 16.8. The predicted molar refractivity (Wildman–Crippen MR) is 122 cm³/mol. The van der Waals surface area contributed by atoms with Crippen molar-refractivity contribution in [3.05, 3.63) is 75.2 Å². The lowest BCUT2D eigenvalue weighted by molar-refractivity contribution is 0.0169. The lowest BCUT2D eigenvalue weighted by Gasteiger charge is -2.34. The van der Waals surface area contributed by atoms with Crippen molar-refractivity contribution in [2.45, 2.75) is 26.8 Å². The summed E-state index contributed by atoms with van der Waals surface area (Å²) < 4.78 is 7.66. The number of nitrogens with one attached hydrogen (secondary N) is 1. The molecule has 0 radical (unpaired) electrons. The lowest BCUT2D eigenvalue weighted by Crippen LogP contribution is -2.43. The first-order valence-corrected chi connectivity index (χ1v) is 11.3. The smallest absolute Gasteiger partial charge is 0.253 e. The number of amides is 1. The van der Waals surface area contributed by atoms with Gasteiger partial charge in [-0.25, -0.2) is 0 Å². The number of aromatic nitrogens is 1. The van der Waals surface area contributed by atoms with E-state index in [2.05, 4.69) is 63.5 Å². The fourth-order valence-electron chi connectivity index (χ4n) is 4.15. The van der Waals surface area contributed by atoms with E-state index in [-0.39, 0.29) is 11.9 Å². The van der Waals surface area contributed by atoms with Gasteiger partial charge in [0.15, 0.2) is 0 Å². The van der Waals surface area contributed by atoms with E-state index in [1.807, 2.05) is 19.9 Å². The van der Waals surface area contributed by atoms with Gasteiger partial charge in [-0.05, 0) is 50.4 Å². The Labute approximate surface area is 182 Å². The van der Waals surface area contributed by atoms with Crippen molar-refractivity contribution in [3.8, 4) is 5.69 Å². The average Bonchev–Trinajstić information content (AvgIpc) is 3.38. The van der Waals surface area contributed by atoms with Crippen molar-refractivity contribution in [2.75, 3.05) is 32.8 Å². The molecule has 0 aliphatic carbocycles. The number of rotatable bonds is 6. The quantitative estimate of drug-likeness (QED) is 0.644. The van der Waals surface area contributed by atoms with Crippen LogP contribution in [0, 0.1) is 20.8 Å². The van der Waals surface area contributed by atoms with Crippen molar-refractivity contribution in [1.29, 1.82) is 0 Å². The van der Waals surface area contributed by atoms with Gasteiger partial charge in [0.25, 0.3) is 5.91 Å². The minimum atomic E-state index is -0.0173. The number of carbonyl (C=O) groups excluding carboxylic acids is 1. The molecule has 5 nitrogen and oxygen atoms in total. The average molecular weight is 424 g/mol. The van der Waals surface area contributed by atoms with Crippen LogP contribution in [0.15, 0.2) is 47.8 Å². The normalized spacial score (nSPS) is 15.8. The van der Waals surface area contributed by atoms with Crippen molar-refractivity contribution >= 4 is 17.2 Å². The highest BCUT2D eigenvalue weighted by atomic mass is 32.1. The first-order chi connectivity index (χ1) is 14.5. The molecule has 6 heteroatoms. The van der Waals surface area contributed by atoms with Crippen LogP contribution in [0.5, 0.6) is 0 Å². The molecule has 0 saturated carbocycles.